The molecule has 6 rings (SSSR count). The van der Waals surface area contributed by atoms with Crippen molar-refractivity contribution in [1.82, 2.24) is 5.32 Å². The smallest absolute Gasteiger partial charge is 0.408 e. The summed E-state index contributed by atoms with van der Waals surface area (Å²) in [4.78, 5) is 52.2. The first-order valence-electron chi connectivity index (χ1n) is 15.7. The standard InChI is InChI=1S/C38H33NO10/c1-24-35(27-12-16-31-33(20-27)45-19-18-44-31)36(41)29-14-13-28(21-32(29)48-24)49-37(42)30(39-38(43)47-23-26-10-6-3-7-11-26)15-17-34(40)46-22-25-8-4-2-5-9-25/h2-14,16,20-21,30H,15,17-19,22-23H2,1H3,(H,39,43)/t30-/m1/s1. The lowest BCUT2D eigenvalue weighted by Gasteiger charge is -2.19. The van der Waals surface area contributed by atoms with E-state index in [4.69, 9.17) is 28.1 Å². The summed E-state index contributed by atoms with van der Waals surface area (Å²) in [7, 11) is 0. The topological polar surface area (TPSA) is 140 Å². The molecular formula is C38H33NO10. The lowest BCUT2D eigenvalue weighted by molar-refractivity contribution is -0.145. The van der Waals surface area contributed by atoms with Gasteiger partial charge in [0, 0.05) is 12.5 Å². The predicted molar refractivity (Wildman–Crippen MR) is 178 cm³/mol. The van der Waals surface area contributed by atoms with E-state index in [0.29, 0.717) is 41.6 Å². The molecule has 11 nitrogen and oxygen atoms in total. The number of alkyl carbamates (subject to hydrolysis) is 1. The van der Waals surface area contributed by atoms with Crippen molar-refractivity contribution in [2.45, 2.75) is 39.0 Å². The van der Waals surface area contributed by atoms with Gasteiger partial charge in [0.05, 0.1) is 10.9 Å². The Balaban J connectivity index is 1.16. The molecule has 0 saturated carbocycles. The molecule has 1 aliphatic heterocycles. The van der Waals surface area contributed by atoms with Gasteiger partial charge in [0.1, 0.15) is 49.6 Å². The number of carbonyl (C=O) groups excluding carboxylic acids is 3. The van der Waals surface area contributed by atoms with Crippen molar-refractivity contribution < 1.29 is 42.5 Å². The van der Waals surface area contributed by atoms with Crippen LogP contribution >= 0.6 is 0 Å². The molecule has 11 heteroatoms. The zero-order valence-corrected chi connectivity index (χ0v) is 26.6. The van der Waals surface area contributed by atoms with Gasteiger partial charge in [0.15, 0.2) is 11.5 Å². The maximum atomic E-state index is 13.6. The number of benzene rings is 4. The third-order valence-corrected chi connectivity index (χ3v) is 7.76. The molecule has 0 unspecified atom stereocenters. The van der Waals surface area contributed by atoms with Crippen LogP contribution in [0.15, 0.2) is 106 Å². The maximum absolute atomic E-state index is 13.6. The fourth-order valence-corrected chi connectivity index (χ4v) is 5.30. The van der Waals surface area contributed by atoms with Crippen LogP contribution in [-0.4, -0.2) is 37.3 Å². The number of carbonyl (C=O) groups is 3. The Morgan fingerprint density at radius 1 is 0.796 bits per heavy atom. The molecule has 1 amide bonds. The molecule has 2 heterocycles. The first kappa shape index (κ1) is 32.8. The highest BCUT2D eigenvalue weighted by atomic mass is 16.6. The van der Waals surface area contributed by atoms with Crippen LogP contribution in [0.4, 0.5) is 4.79 Å². The molecule has 4 aromatic carbocycles. The highest BCUT2D eigenvalue weighted by Crippen LogP contribution is 2.35. The molecule has 5 aromatic rings. The van der Waals surface area contributed by atoms with Gasteiger partial charge in [-0.25, -0.2) is 9.59 Å². The number of aryl methyl sites for hydroxylation is 1. The molecule has 1 N–H and O–H groups in total. The van der Waals surface area contributed by atoms with Crippen LogP contribution in [0, 0.1) is 6.92 Å². The number of rotatable bonds is 11. The SMILES string of the molecule is Cc1oc2cc(OC(=O)[C@@H](CCC(=O)OCc3ccccc3)NC(=O)OCc3ccccc3)ccc2c(=O)c1-c1ccc2c(c1)OCCO2. The van der Waals surface area contributed by atoms with E-state index in [1.807, 2.05) is 48.5 Å². The predicted octanol–water partition coefficient (Wildman–Crippen LogP) is 6.26. The van der Waals surface area contributed by atoms with E-state index >= 15 is 0 Å². The zero-order valence-electron chi connectivity index (χ0n) is 26.6. The zero-order chi connectivity index (χ0) is 34.2. The Bertz CT molecular complexity index is 2020. The minimum atomic E-state index is -1.26. The van der Waals surface area contributed by atoms with Gasteiger partial charge in [-0.3, -0.25) is 9.59 Å². The highest BCUT2D eigenvalue weighted by Gasteiger charge is 2.26. The summed E-state index contributed by atoms with van der Waals surface area (Å²) in [5.41, 5.74) is 2.47. The fraction of sp³-hybridized carbons (Fsp3) is 0.211. The van der Waals surface area contributed by atoms with E-state index in [9.17, 15) is 19.2 Å². The lowest BCUT2D eigenvalue weighted by atomic mass is 10.0. The molecule has 0 spiro atoms. The number of hydrogen-bond acceptors (Lipinski definition) is 10. The number of nitrogens with one attached hydrogen (secondary N) is 1. The summed E-state index contributed by atoms with van der Waals surface area (Å²) in [6.07, 6.45) is -1.16. The number of esters is 2. The summed E-state index contributed by atoms with van der Waals surface area (Å²) in [6, 6.07) is 26.6. The fourth-order valence-electron chi connectivity index (χ4n) is 5.30. The van der Waals surface area contributed by atoms with Crippen molar-refractivity contribution in [2.24, 2.45) is 0 Å². The van der Waals surface area contributed by atoms with Crippen molar-refractivity contribution in [3.63, 3.8) is 0 Å². The molecule has 0 fully saturated rings. The second kappa shape index (κ2) is 15.2. The normalized spacial score (nSPS) is 12.5. The molecular weight excluding hydrogens is 630 g/mol. The quantitative estimate of drug-likeness (QED) is 0.127. The summed E-state index contributed by atoms with van der Waals surface area (Å²) in [6.45, 7) is 2.58. The second-order valence-corrected chi connectivity index (χ2v) is 11.2. The van der Waals surface area contributed by atoms with Gasteiger partial charge >= 0.3 is 18.0 Å². The summed E-state index contributed by atoms with van der Waals surface area (Å²) >= 11 is 0. The minimum Gasteiger partial charge on any atom is -0.486 e. The second-order valence-electron chi connectivity index (χ2n) is 11.2. The van der Waals surface area contributed by atoms with Crippen LogP contribution in [0.5, 0.6) is 17.2 Å². The number of hydrogen-bond donors (Lipinski definition) is 1. The van der Waals surface area contributed by atoms with Gasteiger partial charge in [-0.05, 0) is 54.3 Å². The molecule has 250 valence electrons. The average Bonchev–Trinajstić information content (AvgIpc) is 3.12. The molecule has 0 saturated heterocycles. The van der Waals surface area contributed by atoms with E-state index in [2.05, 4.69) is 5.32 Å². The van der Waals surface area contributed by atoms with Crippen LogP contribution in [0.2, 0.25) is 0 Å². The van der Waals surface area contributed by atoms with E-state index in [1.54, 1.807) is 37.3 Å². The van der Waals surface area contributed by atoms with E-state index in [1.165, 1.54) is 18.2 Å². The number of ether oxygens (including phenoxy) is 5. The lowest BCUT2D eigenvalue weighted by Crippen LogP contribution is -2.43. The summed E-state index contributed by atoms with van der Waals surface area (Å²) in [5, 5.41) is 2.78. The first-order valence-corrected chi connectivity index (χ1v) is 15.7. The van der Waals surface area contributed by atoms with Gasteiger partial charge in [0.2, 0.25) is 5.43 Å². The van der Waals surface area contributed by atoms with Gasteiger partial charge in [-0.1, -0.05) is 66.7 Å². The summed E-state index contributed by atoms with van der Waals surface area (Å²) in [5.74, 6) is 0.166. The monoisotopic (exact) mass is 663 g/mol. The van der Waals surface area contributed by atoms with Gasteiger partial charge in [0.25, 0.3) is 0 Å². The van der Waals surface area contributed by atoms with E-state index in [-0.39, 0.29) is 48.2 Å². The Morgan fingerprint density at radius 2 is 1.47 bits per heavy atom. The number of amides is 1. The van der Waals surface area contributed by atoms with Crippen LogP contribution in [-0.2, 0) is 32.3 Å². The Morgan fingerprint density at radius 3 is 2.18 bits per heavy atom. The molecule has 0 radical (unpaired) electrons. The van der Waals surface area contributed by atoms with Crippen LogP contribution in [0.1, 0.15) is 29.7 Å². The molecule has 0 aliphatic carbocycles. The molecule has 49 heavy (non-hydrogen) atoms. The molecule has 1 aliphatic rings. The van der Waals surface area contributed by atoms with Gasteiger partial charge in [-0.2, -0.15) is 0 Å². The van der Waals surface area contributed by atoms with Crippen molar-refractivity contribution in [3.05, 3.63) is 124 Å². The average molecular weight is 664 g/mol. The van der Waals surface area contributed by atoms with Crippen molar-refractivity contribution >= 4 is 29.0 Å². The van der Waals surface area contributed by atoms with Crippen molar-refractivity contribution in [1.29, 1.82) is 0 Å². The Labute approximate surface area is 281 Å². The molecule has 1 atom stereocenters. The summed E-state index contributed by atoms with van der Waals surface area (Å²) < 4.78 is 33.5. The van der Waals surface area contributed by atoms with E-state index in [0.717, 1.165) is 11.1 Å². The minimum absolute atomic E-state index is 0.0230. The van der Waals surface area contributed by atoms with Crippen LogP contribution in [0.25, 0.3) is 22.1 Å². The maximum Gasteiger partial charge on any atom is 0.408 e. The van der Waals surface area contributed by atoms with Crippen LogP contribution in [0.3, 0.4) is 0 Å². The highest BCUT2D eigenvalue weighted by molar-refractivity contribution is 5.87. The van der Waals surface area contributed by atoms with Crippen LogP contribution < -0.4 is 25.0 Å². The Kier molecular flexibility index (Phi) is 10.2. The first-order chi connectivity index (χ1) is 23.8. The Hall–Kier alpha value is -6.10. The van der Waals surface area contributed by atoms with Crippen molar-refractivity contribution in [2.75, 3.05) is 13.2 Å². The van der Waals surface area contributed by atoms with Gasteiger partial charge in [-0.15, -0.1) is 0 Å². The van der Waals surface area contributed by atoms with Crippen molar-refractivity contribution in [3.8, 4) is 28.4 Å². The third kappa shape index (κ3) is 8.25. The molecule has 0 bridgehead atoms. The van der Waals surface area contributed by atoms with Gasteiger partial charge < -0.3 is 33.4 Å². The van der Waals surface area contributed by atoms with E-state index < -0.39 is 24.1 Å². The molecule has 1 aromatic heterocycles. The largest absolute Gasteiger partial charge is 0.486 e. The third-order valence-electron chi connectivity index (χ3n) is 7.76. The number of fused-ring (bicyclic) bond motifs is 2.